The molecule has 2 N–H and O–H groups in total. The predicted octanol–water partition coefficient (Wildman–Crippen LogP) is 2.01. The highest BCUT2D eigenvalue weighted by Crippen LogP contribution is 2.27. The van der Waals surface area contributed by atoms with E-state index in [9.17, 15) is 0 Å². The van der Waals surface area contributed by atoms with Crippen molar-refractivity contribution in [2.45, 2.75) is 43.9 Å². The molecule has 1 aliphatic rings. The highest BCUT2D eigenvalue weighted by Gasteiger charge is 2.18. The van der Waals surface area contributed by atoms with Gasteiger partial charge >= 0.3 is 0 Å². The van der Waals surface area contributed by atoms with Crippen molar-refractivity contribution < 1.29 is 0 Å². The Morgan fingerprint density at radius 3 is 2.90 bits per heavy atom. The highest BCUT2D eigenvalue weighted by molar-refractivity contribution is 8.00. The molecule has 1 fully saturated rings. The standard InChI is InChI=1S/C8H17NS/c1-2-7(9)8-5-3-4-6-10-8/h7-8H,2-6,9H2,1H3/t7-,8?/m0/s1. The molecule has 0 spiro atoms. The van der Waals surface area contributed by atoms with E-state index in [4.69, 9.17) is 5.73 Å². The van der Waals surface area contributed by atoms with Gasteiger partial charge in [0.2, 0.25) is 0 Å². The zero-order chi connectivity index (χ0) is 7.40. The summed E-state index contributed by atoms with van der Waals surface area (Å²) in [7, 11) is 0. The van der Waals surface area contributed by atoms with Gasteiger partial charge in [-0.1, -0.05) is 13.3 Å². The van der Waals surface area contributed by atoms with Crippen molar-refractivity contribution >= 4 is 11.8 Å². The molecule has 0 aromatic heterocycles. The van der Waals surface area contributed by atoms with Crippen molar-refractivity contribution in [3.8, 4) is 0 Å². The van der Waals surface area contributed by atoms with Crippen LogP contribution in [0, 0.1) is 0 Å². The van der Waals surface area contributed by atoms with E-state index in [0.717, 1.165) is 11.7 Å². The lowest BCUT2D eigenvalue weighted by Gasteiger charge is -2.25. The minimum atomic E-state index is 0.449. The molecule has 1 heterocycles. The van der Waals surface area contributed by atoms with Crippen LogP contribution in [-0.4, -0.2) is 17.0 Å². The van der Waals surface area contributed by atoms with Gasteiger partial charge < -0.3 is 5.73 Å². The molecule has 10 heavy (non-hydrogen) atoms. The first-order valence-corrected chi connectivity index (χ1v) is 5.26. The first kappa shape index (κ1) is 8.41. The molecule has 0 bridgehead atoms. The molecule has 1 saturated heterocycles. The number of nitrogens with two attached hydrogens (primary N) is 1. The van der Waals surface area contributed by atoms with Gasteiger partial charge in [-0.3, -0.25) is 0 Å². The van der Waals surface area contributed by atoms with Crippen molar-refractivity contribution in [2.24, 2.45) is 5.73 Å². The summed E-state index contributed by atoms with van der Waals surface area (Å²) in [5, 5.41) is 0.763. The normalized spacial score (nSPS) is 30.0. The Morgan fingerprint density at radius 1 is 1.60 bits per heavy atom. The van der Waals surface area contributed by atoms with Crippen molar-refractivity contribution in [3.05, 3.63) is 0 Å². The summed E-state index contributed by atoms with van der Waals surface area (Å²) in [5.74, 6) is 1.33. The van der Waals surface area contributed by atoms with Crippen LogP contribution in [0.4, 0.5) is 0 Å². The molecular weight excluding hydrogens is 142 g/mol. The Labute approximate surface area is 67.8 Å². The van der Waals surface area contributed by atoms with Gasteiger partial charge in [-0.25, -0.2) is 0 Å². The fourth-order valence-electron chi connectivity index (χ4n) is 1.37. The van der Waals surface area contributed by atoms with Gasteiger partial charge in [0.1, 0.15) is 0 Å². The molecule has 0 aliphatic carbocycles. The van der Waals surface area contributed by atoms with Crippen molar-refractivity contribution in [3.63, 3.8) is 0 Å². The van der Waals surface area contributed by atoms with Crippen LogP contribution >= 0.6 is 11.8 Å². The van der Waals surface area contributed by atoms with Gasteiger partial charge in [0, 0.05) is 11.3 Å². The molecule has 0 aromatic carbocycles. The zero-order valence-corrected chi connectivity index (χ0v) is 7.49. The van der Waals surface area contributed by atoms with Gasteiger partial charge in [0.25, 0.3) is 0 Å². The van der Waals surface area contributed by atoms with Crippen LogP contribution in [0.3, 0.4) is 0 Å². The third kappa shape index (κ3) is 2.17. The Bertz CT molecular complexity index is 89.3. The van der Waals surface area contributed by atoms with E-state index in [0.29, 0.717) is 6.04 Å². The Hall–Kier alpha value is 0.310. The minimum absolute atomic E-state index is 0.449. The largest absolute Gasteiger partial charge is 0.327 e. The summed E-state index contributed by atoms with van der Waals surface area (Å²) in [6, 6.07) is 0.449. The maximum Gasteiger partial charge on any atom is 0.0198 e. The Kier molecular flexibility index (Phi) is 3.57. The smallest absolute Gasteiger partial charge is 0.0198 e. The van der Waals surface area contributed by atoms with Gasteiger partial charge in [-0.2, -0.15) is 11.8 Å². The summed E-state index contributed by atoms with van der Waals surface area (Å²) in [4.78, 5) is 0. The second kappa shape index (κ2) is 4.24. The molecule has 1 rings (SSSR count). The van der Waals surface area contributed by atoms with Crippen LogP contribution in [0.5, 0.6) is 0 Å². The summed E-state index contributed by atoms with van der Waals surface area (Å²) < 4.78 is 0. The third-order valence-electron chi connectivity index (χ3n) is 2.16. The lowest BCUT2D eigenvalue weighted by Crippen LogP contribution is -2.33. The minimum Gasteiger partial charge on any atom is -0.327 e. The molecule has 0 radical (unpaired) electrons. The van der Waals surface area contributed by atoms with E-state index in [2.05, 4.69) is 18.7 Å². The number of thioether (sulfide) groups is 1. The molecule has 1 aliphatic heterocycles. The topological polar surface area (TPSA) is 26.0 Å². The van der Waals surface area contributed by atoms with E-state index < -0.39 is 0 Å². The predicted molar refractivity (Wildman–Crippen MR) is 48.4 cm³/mol. The summed E-state index contributed by atoms with van der Waals surface area (Å²) in [6.45, 7) is 2.18. The summed E-state index contributed by atoms with van der Waals surface area (Å²) >= 11 is 2.07. The quantitative estimate of drug-likeness (QED) is 0.667. The molecule has 2 atom stereocenters. The van der Waals surface area contributed by atoms with Gasteiger partial charge in [-0.05, 0) is 25.0 Å². The Balaban J connectivity index is 2.24. The SMILES string of the molecule is CC[C@H](N)C1CCCCS1. The summed E-state index contributed by atoms with van der Waals surface area (Å²) in [5.41, 5.74) is 5.93. The first-order valence-electron chi connectivity index (χ1n) is 4.21. The zero-order valence-electron chi connectivity index (χ0n) is 6.68. The number of hydrogen-bond acceptors (Lipinski definition) is 2. The number of rotatable bonds is 2. The molecule has 60 valence electrons. The average Bonchev–Trinajstić information content (AvgIpc) is 2.05. The van der Waals surface area contributed by atoms with E-state index in [-0.39, 0.29) is 0 Å². The maximum atomic E-state index is 5.93. The molecule has 0 saturated carbocycles. The maximum absolute atomic E-state index is 5.93. The average molecular weight is 159 g/mol. The molecule has 2 heteroatoms. The van der Waals surface area contributed by atoms with Crippen LogP contribution in [0.25, 0.3) is 0 Å². The molecule has 0 aromatic rings. The van der Waals surface area contributed by atoms with E-state index in [1.807, 2.05) is 0 Å². The van der Waals surface area contributed by atoms with Crippen LogP contribution < -0.4 is 5.73 Å². The van der Waals surface area contributed by atoms with Crippen LogP contribution in [-0.2, 0) is 0 Å². The lowest BCUT2D eigenvalue weighted by molar-refractivity contribution is 0.550. The van der Waals surface area contributed by atoms with Gasteiger partial charge in [0.05, 0.1) is 0 Å². The fraction of sp³-hybridized carbons (Fsp3) is 1.00. The van der Waals surface area contributed by atoms with E-state index >= 15 is 0 Å². The molecule has 1 nitrogen and oxygen atoms in total. The highest BCUT2D eigenvalue weighted by atomic mass is 32.2. The van der Waals surface area contributed by atoms with Crippen molar-refractivity contribution in [1.82, 2.24) is 0 Å². The van der Waals surface area contributed by atoms with Crippen molar-refractivity contribution in [1.29, 1.82) is 0 Å². The molecule has 0 amide bonds. The lowest BCUT2D eigenvalue weighted by atomic mass is 10.1. The third-order valence-corrected chi connectivity index (χ3v) is 3.70. The first-order chi connectivity index (χ1) is 4.84. The fourth-order valence-corrected chi connectivity index (χ4v) is 2.81. The van der Waals surface area contributed by atoms with Crippen LogP contribution in [0.15, 0.2) is 0 Å². The van der Waals surface area contributed by atoms with Crippen LogP contribution in [0.2, 0.25) is 0 Å². The monoisotopic (exact) mass is 159 g/mol. The molecular formula is C8H17NS. The second-order valence-electron chi connectivity index (χ2n) is 2.98. The summed E-state index contributed by atoms with van der Waals surface area (Å²) in [6.07, 6.45) is 5.28. The van der Waals surface area contributed by atoms with Crippen molar-refractivity contribution in [2.75, 3.05) is 5.75 Å². The van der Waals surface area contributed by atoms with E-state index in [1.54, 1.807) is 0 Å². The second-order valence-corrected chi connectivity index (χ2v) is 4.32. The van der Waals surface area contributed by atoms with Gasteiger partial charge in [-0.15, -0.1) is 0 Å². The van der Waals surface area contributed by atoms with Gasteiger partial charge in [0.15, 0.2) is 0 Å². The Morgan fingerprint density at radius 2 is 2.40 bits per heavy atom. The van der Waals surface area contributed by atoms with Crippen LogP contribution in [0.1, 0.15) is 32.6 Å². The van der Waals surface area contributed by atoms with E-state index in [1.165, 1.54) is 25.0 Å². The molecule has 1 unspecified atom stereocenters. The number of hydrogen-bond donors (Lipinski definition) is 1.